The number of ketones is 1. The molecular formula is C15H14N2O4S2. The van der Waals surface area contributed by atoms with Crippen LogP contribution in [-0.4, -0.2) is 42.9 Å². The fraction of sp³-hybridized carbons (Fsp3) is 0.333. The number of benzene rings is 1. The molecule has 2 fully saturated rings. The van der Waals surface area contributed by atoms with E-state index in [1.54, 1.807) is 11.0 Å². The number of nitrogens with zero attached hydrogens (tertiary/aromatic N) is 1. The molecule has 1 N–H and O–H groups in total. The van der Waals surface area contributed by atoms with Crippen LogP contribution < -0.4 is 10.2 Å². The van der Waals surface area contributed by atoms with Crippen LogP contribution in [0.15, 0.2) is 28.7 Å². The van der Waals surface area contributed by atoms with Gasteiger partial charge in [-0.15, -0.1) is 0 Å². The van der Waals surface area contributed by atoms with E-state index in [0.717, 1.165) is 5.39 Å². The number of furan rings is 1. The van der Waals surface area contributed by atoms with E-state index in [9.17, 15) is 13.2 Å². The van der Waals surface area contributed by atoms with Crippen molar-refractivity contribution < 1.29 is 17.6 Å². The molecule has 6 nitrogen and oxygen atoms in total. The van der Waals surface area contributed by atoms with Crippen LogP contribution >= 0.6 is 12.2 Å². The molecule has 2 aliphatic rings. The van der Waals surface area contributed by atoms with Crippen molar-refractivity contribution in [2.45, 2.75) is 19.0 Å². The fourth-order valence-electron chi connectivity index (χ4n) is 3.38. The molecule has 0 saturated carbocycles. The van der Waals surface area contributed by atoms with Gasteiger partial charge in [0, 0.05) is 12.3 Å². The minimum atomic E-state index is -3.12. The monoisotopic (exact) mass is 350 g/mol. The van der Waals surface area contributed by atoms with Crippen molar-refractivity contribution in [2.24, 2.45) is 0 Å². The molecule has 1 aromatic carbocycles. The van der Waals surface area contributed by atoms with Gasteiger partial charge in [0.05, 0.1) is 23.6 Å². The van der Waals surface area contributed by atoms with E-state index < -0.39 is 9.84 Å². The molecule has 2 saturated heterocycles. The van der Waals surface area contributed by atoms with Crippen molar-refractivity contribution in [3.63, 3.8) is 0 Å². The second kappa shape index (κ2) is 4.78. The van der Waals surface area contributed by atoms with Crippen LogP contribution in [0.2, 0.25) is 0 Å². The van der Waals surface area contributed by atoms with Crippen LogP contribution in [0.1, 0.15) is 17.5 Å². The number of carbonyl (C=O) groups is 1. The Hall–Kier alpha value is -1.93. The van der Waals surface area contributed by atoms with Crippen molar-refractivity contribution in [3.05, 3.63) is 30.0 Å². The lowest BCUT2D eigenvalue weighted by molar-refractivity contribution is 0.0990. The molecule has 0 spiro atoms. The lowest BCUT2D eigenvalue weighted by atomic mass is 10.1. The van der Waals surface area contributed by atoms with Gasteiger partial charge < -0.3 is 14.6 Å². The van der Waals surface area contributed by atoms with Gasteiger partial charge in [0.15, 0.2) is 26.5 Å². The molecule has 1 aromatic heterocycles. The van der Waals surface area contributed by atoms with Gasteiger partial charge in [-0.05, 0) is 24.4 Å². The van der Waals surface area contributed by atoms with E-state index >= 15 is 0 Å². The Labute approximate surface area is 138 Å². The Morgan fingerprint density at radius 3 is 2.83 bits per heavy atom. The molecule has 0 radical (unpaired) electrons. The lowest BCUT2D eigenvalue weighted by Gasteiger charge is -2.23. The third-order valence-corrected chi connectivity index (χ3v) is 6.34. The van der Waals surface area contributed by atoms with E-state index in [0.29, 0.717) is 16.4 Å². The number of fused-ring (bicyclic) bond motifs is 2. The van der Waals surface area contributed by atoms with Crippen molar-refractivity contribution in [3.8, 4) is 0 Å². The maximum Gasteiger partial charge on any atom is 0.197 e. The molecule has 120 valence electrons. The molecular weight excluding hydrogens is 336 g/mol. The summed E-state index contributed by atoms with van der Waals surface area (Å²) in [5, 5.41) is 4.26. The number of para-hydroxylation sites is 1. The predicted octanol–water partition coefficient (Wildman–Crippen LogP) is 1.50. The molecule has 8 heteroatoms. The quantitative estimate of drug-likeness (QED) is 0.649. The second-order valence-electron chi connectivity index (χ2n) is 5.90. The first-order valence-corrected chi connectivity index (χ1v) is 9.43. The summed E-state index contributed by atoms with van der Waals surface area (Å²) >= 11 is 5.39. The summed E-state index contributed by atoms with van der Waals surface area (Å²) in [5.41, 5.74) is 1.15. The van der Waals surface area contributed by atoms with Crippen LogP contribution in [0.4, 0.5) is 5.69 Å². The lowest BCUT2D eigenvalue weighted by Crippen LogP contribution is -2.37. The van der Waals surface area contributed by atoms with Crippen LogP contribution in [0.25, 0.3) is 11.0 Å². The van der Waals surface area contributed by atoms with E-state index in [4.69, 9.17) is 16.6 Å². The van der Waals surface area contributed by atoms with Gasteiger partial charge in [-0.25, -0.2) is 8.42 Å². The average Bonchev–Trinajstić information content (AvgIpc) is 3.06. The number of Topliss-reactive ketones (excluding diaryl/α,β-unsaturated/α-hetero) is 1. The highest BCUT2D eigenvalue weighted by Gasteiger charge is 2.49. The zero-order valence-electron chi connectivity index (χ0n) is 12.3. The zero-order chi connectivity index (χ0) is 16.4. The summed E-state index contributed by atoms with van der Waals surface area (Å²) in [6.07, 6.45) is 0. The Bertz CT molecular complexity index is 948. The fourth-order valence-corrected chi connectivity index (χ4v) is 5.65. The highest BCUT2D eigenvalue weighted by Crippen LogP contribution is 2.39. The number of nitrogens with one attached hydrogen (secondary N) is 1. The highest BCUT2D eigenvalue weighted by atomic mass is 32.2. The summed E-state index contributed by atoms with van der Waals surface area (Å²) in [6, 6.07) is 6.73. The molecule has 0 bridgehead atoms. The molecule has 2 aliphatic heterocycles. The average molecular weight is 350 g/mol. The third-order valence-electron chi connectivity index (χ3n) is 4.31. The minimum absolute atomic E-state index is 0.0155. The van der Waals surface area contributed by atoms with Crippen LogP contribution in [0.5, 0.6) is 0 Å². The van der Waals surface area contributed by atoms with Crippen LogP contribution in [0, 0.1) is 0 Å². The standard InChI is InChI=1S/C15H14N2O4S2/c1-8(18)14-13(9-4-2-3-5-12(9)21-14)17-11-7-23(19,20)6-10(11)16-15(17)22/h2-5,10-11H,6-7H2,1H3,(H,16,22). The number of thiocarbonyl (C=S) groups is 1. The van der Waals surface area contributed by atoms with E-state index in [2.05, 4.69) is 5.32 Å². The molecule has 3 heterocycles. The summed E-state index contributed by atoms with van der Waals surface area (Å²) in [4.78, 5) is 13.8. The van der Waals surface area contributed by atoms with E-state index in [1.807, 2.05) is 18.2 Å². The maximum atomic E-state index is 12.0. The smallest absolute Gasteiger partial charge is 0.197 e. The van der Waals surface area contributed by atoms with Gasteiger partial charge in [-0.1, -0.05) is 12.1 Å². The van der Waals surface area contributed by atoms with Crippen LogP contribution in [0.3, 0.4) is 0 Å². The Balaban J connectivity index is 1.93. The maximum absolute atomic E-state index is 12.0. The van der Waals surface area contributed by atoms with Crippen molar-refractivity contribution in [1.82, 2.24) is 5.32 Å². The minimum Gasteiger partial charge on any atom is -0.451 e. The second-order valence-corrected chi connectivity index (χ2v) is 8.44. The Morgan fingerprint density at radius 2 is 2.09 bits per heavy atom. The number of rotatable bonds is 2. The molecule has 2 unspecified atom stereocenters. The first-order chi connectivity index (χ1) is 10.9. The Kier molecular flexibility index (Phi) is 3.05. The number of hydrogen-bond donors (Lipinski definition) is 1. The molecule has 23 heavy (non-hydrogen) atoms. The number of sulfone groups is 1. The van der Waals surface area contributed by atoms with Crippen molar-refractivity contribution >= 4 is 49.6 Å². The normalized spacial score (nSPS) is 25.6. The molecule has 0 amide bonds. The number of carbonyl (C=O) groups excluding carboxylic acids is 1. The van der Waals surface area contributed by atoms with E-state index in [-0.39, 0.29) is 35.1 Å². The van der Waals surface area contributed by atoms with Gasteiger partial charge in [0.25, 0.3) is 0 Å². The molecule has 0 aliphatic carbocycles. The summed E-state index contributed by atoms with van der Waals surface area (Å²) < 4.78 is 29.6. The van der Waals surface area contributed by atoms with Crippen molar-refractivity contribution in [2.75, 3.05) is 16.4 Å². The zero-order valence-corrected chi connectivity index (χ0v) is 13.9. The number of hydrogen-bond acceptors (Lipinski definition) is 5. The molecule has 2 aromatic rings. The topological polar surface area (TPSA) is 79.6 Å². The number of anilines is 1. The third kappa shape index (κ3) is 2.16. The molecule has 4 rings (SSSR count). The van der Waals surface area contributed by atoms with Gasteiger partial charge in [-0.3, -0.25) is 4.79 Å². The molecule has 2 atom stereocenters. The first kappa shape index (κ1) is 14.6. The first-order valence-electron chi connectivity index (χ1n) is 7.20. The SMILES string of the molecule is CC(=O)c1oc2ccccc2c1N1C(=S)NC2CS(=O)(=O)CC21. The van der Waals surface area contributed by atoms with Gasteiger partial charge in [0.2, 0.25) is 0 Å². The highest BCUT2D eigenvalue weighted by molar-refractivity contribution is 7.91. The Morgan fingerprint density at radius 1 is 1.35 bits per heavy atom. The van der Waals surface area contributed by atoms with Gasteiger partial charge in [0.1, 0.15) is 11.3 Å². The van der Waals surface area contributed by atoms with Crippen molar-refractivity contribution in [1.29, 1.82) is 0 Å². The van der Waals surface area contributed by atoms with Crippen LogP contribution in [-0.2, 0) is 9.84 Å². The van der Waals surface area contributed by atoms with Gasteiger partial charge >= 0.3 is 0 Å². The predicted molar refractivity (Wildman–Crippen MR) is 90.7 cm³/mol. The summed E-state index contributed by atoms with van der Waals surface area (Å²) in [5.74, 6) is 0.0600. The van der Waals surface area contributed by atoms with E-state index in [1.165, 1.54) is 6.92 Å². The largest absolute Gasteiger partial charge is 0.451 e. The summed E-state index contributed by atoms with van der Waals surface area (Å²) in [7, 11) is -3.12. The van der Waals surface area contributed by atoms with Gasteiger partial charge in [-0.2, -0.15) is 0 Å². The summed E-state index contributed by atoms with van der Waals surface area (Å²) in [6.45, 7) is 1.43.